The van der Waals surface area contributed by atoms with Crippen molar-refractivity contribution < 1.29 is 19.7 Å². The first-order chi connectivity index (χ1) is 13.0. The summed E-state index contributed by atoms with van der Waals surface area (Å²) in [5, 5.41) is 22.5. The average molecular weight is 364 g/mol. The molecule has 0 spiro atoms. The quantitative estimate of drug-likeness (QED) is 0.636. The van der Waals surface area contributed by atoms with Gasteiger partial charge in [-0.05, 0) is 24.6 Å². The van der Waals surface area contributed by atoms with E-state index in [1.54, 1.807) is 19.1 Å². The van der Waals surface area contributed by atoms with Gasteiger partial charge in [-0.15, -0.1) is 0 Å². The van der Waals surface area contributed by atoms with Crippen molar-refractivity contribution in [2.45, 2.75) is 31.8 Å². The Hall–Kier alpha value is -3.03. The zero-order valence-corrected chi connectivity index (χ0v) is 14.5. The van der Waals surface area contributed by atoms with Crippen molar-refractivity contribution in [2.24, 2.45) is 0 Å². The van der Waals surface area contributed by atoms with E-state index in [9.17, 15) is 19.8 Å². The molecule has 0 amide bonds. The Kier molecular flexibility index (Phi) is 3.14. The summed E-state index contributed by atoms with van der Waals surface area (Å²) in [4.78, 5) is 29.8. The van der Waals surface area contributed by atoms with Crippen LogP contribution in [0.3, 0.4) is 0 Å². The second-order valence-corrected chi connectivity index (χ2v) is 6.88. The number of pyridine rings is 2. The van der Waals surface area contributed by atoms with Gasteiger partial charge in [-0.3, -0.25) is 9.36 Å². The average Bonchev–Trinajstić information content (AvgIpc) is 2.95. The molecule has 5 rings (SSSR count). The van der Waals surface area contributed by atoms with E-state index in [2.05, 4.69) is 4.98 Å². The van der Waals surface area contributed by atoms with Crippen LogP contribution in [-0.2, 0) is 21.7 Å². The van der Waals surface area contributed by atoms with E-state index >= 15 is 0 Å². The highest BCUT2D eigenvalue weighted by atomic mass is 16.6. The summed E-state index contributed by atoms with van der Waals surface area (Å²) in [7, 11) is 0. The van der Waals surface area contributed by atoms with Crippen LogP contribution in [-0.4, -0.2) is 25.7 Å². The summed E-state index contributed by atoms with van der Waals surface area (Å²) >= 11 is 0. The third-order valence-corrected chi connectivity index (χ3v) is 5.50. The number of nitrogens with zero attached hydrogens (tertiary/aromatic N) is 2. The summed E-state index contributed by atoms with van der Waals surface area (Å²) in [6.07, 6.45) is -1.11. The lowest BCUT2D eigenvalue weighted by Gasteiger charge is -2.31. The molecule has 0 saturated heterocycles. The van der Waals surface area contributed by atoms with E-state index < -0.39 is 23.4 Å². The number of esters is 1. The number of aliphatic hydroxyl groups excluding tert-OH is 1. The zero-order valence-electron chi connectivity index (χ0n) is 14.5. The molecule has 7 heteroatoms. The SMILES string of the molecule is CC[C@@]1(O)C(=O)OCc2c1cc1n(c2=O)C(O)c2cc3ccccc3nc2-1. The van der Waals surface area contributed by atoms with Crippen molar-refractivity contribution in [3.63, 3.8) is 0 Å². The molecule has 0 bridgehead atoms. The number of fused-ring (bicyclic) bond motifs is 5. The predicted molar refractivity (Wildman–Crippen MR) is 95.8 cm³/mol. The Morgan fingerprint density at radius 2 is 2.07 bits per heavy atom. The van der Waals surface area contributed by atoms with Crippen molar-refractivity contribution in [2.75, 3.05) is 0 Å². The fourth-order valence-corrected chi connectivity index (χ4v) is 3.97. The monoisotopic (exact) mass is 364 g/mol. The molecule has 1 unspecified atom stereocenters. The maximum absolute atomic E-state index is 13.1. The molecular formula is C20H16N2O5. The minimum Gasteiger partial charge on any atom is -0.458 e. The first kappa shape index (κ1) is 16.2. The van der Waals surface area contributed by atoms with Gasteiger partial charge in [-0.1, -0.05) is 25.1 Å². The highest BCUT2D eigenvalue weighted by Gasteiger charge is 2.46. The number of carbonyl (C=O) groups is 1. The molecule has 0 aliphatic carbocycles. The Balaban J connectivity index is 1.85. The molecule has 7 nitrogen and oxygen atoms in total. The number of hydrogen-bond acceptors (Lipinski definition) is 6. The first-order valence-electron chi connectivity index (χ1n) is 8.72. The van der Waals surface area contributed by atoms with E-state index in [1.165, 1.54) is 4.57 Å². The van der Waals surface area contributed by atoms with Gasteiger partial charge in [0.2, 0.25) is 0 Å². The second kappa shape index (κ2) is 5.25. The van der Waals surface area contributed by atoms with Gasteiger partial charge < -0.3 is 14.9 Å². The van der Waals surface area contributed by atoms with Crippen LogP contribution in [0.1, 0.15) is 36.3 Å². The molecule has 2 aliphatic heterocycles. The Morgan fingerprint density at radius 3 is 2.85 bits per heavy atom. The Bertz CT molecular complexity index is 1200. The minimum absolute atomic E-state index is 0.0717. The predicted octanol–water partition coefficient (Wildman–Crippen LogP) is 1.57. The topological polar surface area (TPSA) is 102 Å². The van der Waals surface area contributed by atoms with E-state index in [4.69, 9.17) is 4.74 Å². The summed E-state index contributed by atoms with van der Waals surface area (Å²) in [6, 6.07) is 10.9. The standard InChI is InChI=1S/C20H16N2O5/c1-2-20(26)13-8-15-16-11(7-10-5-3-4-6-14(10)21-16)17(23)22(15)18(24)12(13)9-27-19(20)25/h3-8,17,23,26H,2,9H2,1H3/t17?,20-/m0/s1. The number of aromatic nitrogens is 2. The fourth-order valence-electron chi connectivity index (χ4n) is 3.97. The highest BCUT2D eigenvalue weighted by molar-refractivity contribution is 5.86. The van der Waals surface area contributed by atoms with E-state index in [1.807, 2.05) is 24.3 Å². The zero-order chi connectivity index (χ0) is 18.9. The lowest BCUT2D eigenvalue weighted by atomic mass is 9.86. The third kappa shape index (κ3) is 1.95. The largest absolute Gasteiger partial charge is 0.458 e. The lowest BCUT2D eigenvalue weighted by Crippen LogP contribution is -2.44. The van der Waals surface area contributed by atoms with Crippen molar-refractivity contribution >= 4 is 16.9 Å². The van der Waals surface area contributed by atoms with Gasteiger partial charge in [0, 0.05) is 16.5 Å². The summed E-state index contributed by atoms with van der Waals surface area (Å²) in [5.74, 6) is -0.771. The number of ether oxygens (including phenoxy) is 1. The molecule has 2 aromatic heterocycles. The number of rotatable bonds is 1. The van der Waals surface area contributed by atoms with E-state index in [-0.39, 0.29) is 24.2 Å². The third-order valence-electron chi connectivity index (χ3n) is 5.50. The van der Waals surface area contributed by atoms with Gasteiger partial charge in [0.25, 0.3) is 5.56 Å². The van der Waals surface area contributed by atoms with Gasteiger partial charge in [-0.2, -0.15) is 0 Å². The van der Waals surface area contributed by atoms with Gasteiger partial charge >= 0.3 is 5.97 Å². The minimum atomic E-state index is -1.88. The molecule has 0 saturated carbocycles. The van der Waals surface area contributed by atoms with Gasteiger partial charge in [-0.25, -0.2) is 9.78 Å². The second-order valence-electron chi connectivity index (χ2n) is 6.88. The van der Waals surface area contributed by atoms with Gasteiger partial charge in [0.1, 0.15) is 6.61 Å². The molecule has 2 N–H and O–H groups in total. The van der Waals surface area contributed by atoms with Crippen molar-refractivity contribution in [1.29, 1.82) is 0 Å². The number of cyclic esters (lactones) is 1. The molecule has 2 aliphatic rings. The van der Waals surface area contributed by atoms with Crippen LogP contribution < -0.4 is 5.56 Å². The molecule has 4 heterocycles. The molecular weight excluding hydrogens is 348 g/mol. The number of hydrogen-bond donors (Lipinski definition) is 2. The van der Waals surface area contributed by atoms with Crippen LogP contribution in [0, 0.1) is 0 Å². The van der Waals surface area contributed by atoms with Gasteiger partial charge in [0.05, 0.1) is 22.5 Å². The molecule has 0 radical (unpaired) electrons. The van der Waals surface area contributed by atoms with Crippen LogP contribution in [0.5, 0.6) is 0 Å². The van der Waals surface area contributed by atoms with E-state index in [0.29, 0.717) is 17.0 Å². The number of aliphatic hydroxyl groups is 2. The molecule has 3 aromatic rings. The summed E-state index contributed by atoms with van der Waals surface area (Å²) in [5.41, 5.74) is 0.134. The first-order valence-corrected chi connectivity index (χ1v) is 8.72. The maximum atomic E-state index is 13.1. The summed E-state index contributed by atoms with van der Waals surface area (Å²) in [6.45, 7) is 1.42. The van der Waals surface area contributed by atoms with Crippen LogP contribution in [0.2, 0.25) is 0 Å². The highest BCUT2D eigenvalue weighted by Crippen LogP contribution is 2.41. The van der Waals surface area contributed by atoms with Crippen LogP contribution in [0.15, 0.2) is 41.2 Å². The Morgan fingerprint density at radius 1 is 1.30 bits per heavy atom. The normalized spacial score (nSPS) is 22.9. The van der Waals surface area contributed by atoms with Gasteiger partial charge in [0.15, 0.2) is 11.8 Å². The Labute approximate surface area is 153 Å². The lowest BCUT2D eigenvalue weighted by molar-refractivity contribution is -0.172. The van der Waals surface area contributed by atoms with Crippen molar-refractivity contribution in [3.05, 3.63) is 63.4 Å². The van der Waals surface area contributed by atoms with Crippen molar-refractivity contribution in [3.8, 4) is 11.4 Å². The number of carbonyl (C=O) groups excluding carboxylic acids is 1. The van der Waals surface area contributed by atoms with Crippen LogP contribution >= 0.6 is 0 Å². The maximum Gasteiger partial charge on any atom is 0.343 e. The van der Waals surface area contributed by atoms with Crippen LogP contribution in [0.4, 0.5) is 0 Å². The summed E-state index contributed by atoms with van der Waals surface area (Å²) < 4.78 is 6.27. The number of benzene rings is 1. The molecule has 0 fully saturated rings. The number of para-hydroxylation sites is 1. The fraction of sp³-hybridized carbons (Fsp3) is 0.250. The molecule has 27 heavy (non-hydrogen) atoms. The molecule has 1 aromatic carbocycles. The van der Waals surface area contributed by atoms with E-state index in [0.717, 1.165) is 10.9 Å². The van der Waals surface area contributed by atoms with Crippen LogP contribution in [0.25, 0.3) is 22.3 Å². The smallest absolute Gasteiger partial charge is 0.343 e. The van der Waals surface area contributed by atoms with Crippen molar-refractivity contribution in [1.82, 2.24) is 9.55 Å². The molecule has 136 valence electrons. The molecule has 2 atom stereocenters.